The Bertz CT molecular complexity index is 548. The molecular formula is C11H11N3O2. The highest BCUT2D eigenvalue weighted by Crippen LogP contribution is 2.36. The second kappa shape index (κ2) is 3.16. The summed E-state index contributed by atoms with van der Waals surface area (Å²) in [6.07, 6.45) is 1.78. The van der Waals surface area contributed by atoms with E-state index < -0.39 is 0 Å². The quantitative estimate of drug-likeness (QED) is 0.784. The highest BCUT2D eigenvalue weighted by atomic mass is 16.7. The van der Waals surface area contributed by atoms with E-state index in [1.165, 1.54) is 0 Å². The van der Waals surface area contributed by atoms with Crippen LogP contribution in [0.5, 0.6) is 11.5 Å². The molecule has 0 fully saturated rings. The van der Waals surface area contributed by atoms with Gasteiger partial charge in [-0.1, -0.05) is 0 Å². The minimum absolute atomic E-state index is 0.274. The summed E-state index contributed by atoms with van der Waals surface area (Å²) in [4.78, 5) is 0. The van der Waals surface area contributed by atoms with E-state index in [-0.39, 0.29) is 6.79 Å². The summed E-state index contributed by atoms with van der Waals surface area (Å²) < 4.78 is 12.2. The second-order valence-electron chi connectivity index (χ2n) is 3.67. The third-order valence-corrected chi connectivity index (χ3v) is 2.50. The van der Waals surface area contributed by atoms with Crippen molar-refractivity contribution in [3.05, 3.63) is 24.4 Å². The Balaban J connectivity index is 2.10. The van der Waals surface area contributed by atoms with Crippen molar-refractivity contribution in [2.75, 3.05) is 12.5 Å². The molecule has 0 bridgehead atoms. The van der Waals surface area contributed by atoms with Crippen molar-refractivity contribution in [1.29, 1.82) is 0 Å². The highest BCUT2D eigenvalue weighted by Gasteiger charge is 2.15. The standard InChI is InChI=1S/C11H11N3O2/c1-14-5-8(12)11(13-14)7-2-3-9-10(4-7)16-6-15-9/h2-5H,6,12H2,1H3. The van der Waals surface area contributed by atoms with Crippen LogP contribution < -0.4 is 15.2 Å². The summed E-state index contributed by atoms with van der Waals surface area (Å²) in [5, 5.41) is 4.30. The average molecular weight is 217 g/mol. The molecule has 2 aromatic rings. The SMILES string of the molecule is Cn1cc(N)c(-c2ccc3c(c2)OCO3)n1. The molecule has 0 amide bonds. The lowest BCUT2D eigenvalue weighted by atomic mass is 10.1. The Morgan fingerprint density at radius 3 is 2.88 bits per heavy atom. The van der Waals surface area contributed by atoms with Crippen LogP contribution in [0.2, 0.25) is 0 Å². The van der Waals surface area contributed by atoms with Crippen molar-refractivity contribution >= 4 is 5.69 Å². The molecule has 1 aliphatic rings. The number of nitrogens with zero attached hydrogens (tertiary/aromatic N) is 2. The zero-order valence-corrected chi connectivity index (χ0v) is 8.80. The molecule has 1 aromatic carbocycles. The van der Waals surface area contributed by atoms with E-state index >= 15 is 0 Å². The van der Waals surface area contributed by atoms with E-state index in [9.17, 15) is 0 Å². The molecule has 0 unspecified atom stereocenters. The Morgan fingerprint density at radius 1 is 1.31 bits per heavy atom. The fourth-order valence-electron chi connectivity index (χ4n) is 1.78. The lowest BCUT2D eigenvalue weighted by Gasteiger charge is -2.00. The molecule has 5 heteroatoms. The number of benzene rings is 1. The first-order valence-electron chi connectivity index (χ1n) is 4.93. The Labute approximate surface area is 92.4 Å². The molecule has 0 radical (unpaired) electrons. The molecule has 5 nitrogen and oxygen atoms in total. The molecule has 2 N–H and O–H groups in total. The molecule has 1 aliphatic heterocycles. The molecule has 0 aliphatic carbocycles. The first-order chi connectivity index (χ1) is 7.74. The second-order valence-corrected chi connectivity index (χ2v) is 3.67. The van der Waals surface area contributed by atoms with Gasteiger partial charge in [0, 0.05) is 18.8 Å². The molecule has 3 rings (SSSR count). The maximum Gasteiger partial charge on any atom is 0.231 e. The Hall–Kier alpha value is -2.17. The smallest absolute Gasteiger partial charge is 0.231 e. The maximum atomic E-state index is 5.86. The predicted molar refractivity (Wildman–Crippen MR) is 59.2 cm³/mol. The van der Waals surface area contributed by atoms with Gasteiger partial charge in [-0.3, -0.25) is 4.68 Å². The first-order valence-corrected chi connectivity index (χ1v) is 4.93. The maximum absolute atomic E-state index is 5.86. The lowest BCUT2D eigenvalue weighted by molar-refractivity contribution is 0.174. The van der Waals surface area contributed by atoms with E-state index in [0.29, 0.717) is 5.69 Å². The van der Waals surface area contributed by atoms with Crippen LogP contribution in [0.4, 0.5) is 5.69 Å². The van der Waals surface area contributed by atoms with Crippen molar-refractivity contribution in [2.45, 2.75) is 0 Å². The summed E-state index contributed by atoms with van der Waals surface area (Å²) in [6.45, 7) is 0.274. The van der Waals surface area contributed by atoms with Gasteiger partial charge in [0.1, 0.15) is 5.69 Å². The van der Waals surface area contributed by atoms with E-state index in [1.807, 2.05) is 25.2 Å². The van der Waals surface area contributed by atoms with E-state index in [0.717, 1.165) is 22.8 Å². The number of nitrogens with two attached hydrogens (primary N) is 1. The first kappa shape index (κ1) is 9.08. The van der Waals surface area contributed by atoms with Gasteiger partial charge in [0.25, 0.3) is 0 Å². The Morgan fingerprint density at radius 2 is 2.12 bits per heavy atom. The number of aryl methyl sites for hydroxylation is 1. The normalized spacial score (nSPS) is 13.1. The Kier molecular flexibility index (Phi) is 1.80. The summed E-state index contributed by atoms with van der Waals surface area (Å²) in [7, 11) is 1.84. The fraction of sp³-hybridized carbons (Fsp3) is 0.182. The zero-order valence-electron chi connectivity index (χ0n) is 8.80. The van der Waals surface area contributed by atoms with Crippen LogP contribution in [0.3, 0.4) is 0 Å². The van der Waals surface area contributed by atoms with Crippen molar-refractivity contribution in [2.24, 2.45) is 7.05 Å². The van der Waals surface area contributed by atoms with Gasteiger partial charge in [-0.05, 0) is 18.2 Å². The third-order valence-electron chi connectivity index (χ3n) is 2.50. The number of ether oxygens (including phenoxy) is 2. The van der Waals surface area contributed by atoms with Crippen LogP contribution in [0.1, 0.15) is 0 Å². The summed E-state index contributed by atoms with van der Waals surface area (Å²) in [5.41, 5.74) is 8.21. The molecule has 0 saturated heterocycles. The van der Waals surface area contributed by atoms with Gasteiger partial charge in [-0.15, -0.1) is 0 Å². The van der Waals surface area contributed by atoms with Gasteiger partial charge in [-0.2, -0.15) is 5.10 Å². The van der Waals surface area contributed by atoms with Gasteiger partial charge in [0.15, 0.2) is 11.5 Å². The number of aromatic nitrogens is 2. The minimum Gasteiger partial charge on any atom is -0.454 e. The van der Waals surface area contributed by atoms with E-state index in [4.69, 9.17) is 15.2 Å². The number of anilines is 1. The van der Waals surface area contributed by atoms with Crippen LogP contribution in [-0.4, -0.2) is 16.6 Å². The van der Waals surface area contributed by atoms with Gasteiger partial charge in [0.2, 0.25) is 6.79 Å². The number of fused-ring (bicyclic) bond motifs is 1. The van der Waals surface area contributed by atoms with Crippen molar-refractivity contribution in [3.63, 3.8) is 0 Å². The van der Waals surface area contributed by atoms with Crippen LogP contribution in [0, 0.1) is 0 Å². The summed E-state index contributed by atoms with van der Waals surface area (Å²) in [5.74, 6) is 1.50. The fourth-order valence-corrected chi connectivity index (χ4v) is 1.78. The lowest BCUT2D eigenvalue weighted by Crippen LogP contribution is -1.93. The van der Waals surface area contributed by atoms with E-state index in [1.54, 1.807) is 10.9 Å². The van der Waals surface area contributed by atoms with Crippen molar-refractivity contribution < 1.29 is 9.47 Å². The predicted octanol–water partition coefficient (Wildman–Crippen LogP) is 1.40. The van der Waals surface area contributed by atoms with Crippen LogP contribution in [-0.2, 0) is 7.05 Å². The zero-order chi connectivity index (χ0) is 11.1. The van der Waals surface area contributed by atoms with E-state index in [2.05, 4.69) is 5.10 Å². The van der Waals surface area contributed by atoms with Gasteiger partial charge in [-0.25, -0.2) is 0 Å². The third kappa shape index (κ3) is 1.29. The van der Waals surface area contributed by atoms with Crippen LogP contribution in [0.15, 0.2) is 24.4 Å². The molecule has 1 aromatic heterocycles. The minimum atomic E-state index is 0.274. The number of nitrogen functional groups attached to an aromatic ring is 1. The average Bonchev–Trinajstić information content (AvgIpc) is 2.83. The number of rotatable bonds is 1. The topological polar surface area (TPSA) is 62.3 Å². The monoisotopic (exact) mass is 217 g/mol. The summed E-state index contributed by atoms with van der Waals surface area (Å²) >= 11 is 0. The molecule has 82 valence electrons. The molecule has 0 spiro atoms. The molecule has 0 saturated carbocycles. The van der Waals surface area contributed by atoms with Gasteiger partial charge >= 0.3 is 0 Å². The highest BCUT2D eigenvalue weighted by molar-refractivity contribution is 5.74. The molecular weight excluding hydrogens is 206 g/mol. The van der Waals surface area contributed by atoms with Crippen LogP contribution in [0.25, 0.3) is 11.3 Å². The summed E-state index contributed by atoms with van der Waals surface area (Å²) in [6, 6.07) is 5.68. The number of hydrogen-bond acceptors (Lipinski definition) is 4. The van der Waals surface area contributed by atoms with Crippen molar-refractivity contribution in [1.82, 2.24) is 9.78 Å². The molecule has 2 heterocycles. The van der Waals surface area contributed by atoms with Gasteiger partial charge in [0.05, 0.1) is 5.69 Å². The number of hydrogen-bond donors (Lipinski definition) is 1. The van der Waals surface area contributed by atoms with Crippen molar-refractivity contribution in [3.8, 4) is 22.8 Å². The largest absolute Gasteiger partial charge is 0.454 e. The van der Waals surface area contributed by atoms with Crippen LogP contribution >= 0.6 is 0 Å². The van der Waals surface area contributed by atoms with Gasteiger partial charge < -0.3 is 15.2 Å². The molecule has 0 atom stereocenters. The molecule has 16 heavy (non-hydrogen) atoms.